The van der Waals surface area contributed by atoms with Gasteiger partial charge in [-0.2, -0.15) is 0 Å². The van der Waals surface area contributed by atoms with Gasteiger partial charge in [-0.25, -0.2) is 4.79 Å². The number of carboxylic acid groups (broad SMARTS) is 1. The molecule has 12 unspecified atom stereocenters. The molecule has 12 atom stereocenters. The normalized spacial score (nSPS) is 35.3. The van der Waals surface area contributed by atoms with Gasteiger partial charge in [-0.3, -0.25) is 19.4 Å². The van der Waals surface area contributed by atoms with Gasteiger partial charge in [-0.05, 0) is 45.6 Å². The Morgan fingerprint density at radius 3 is 2.45 bits per heavy atom. The Morgan fingerprint density at radius 1 is 1.10 bits per heavy atom. The van der Waals surface area contributed by atoms with E-state index in [2.05, 4.69) is 22.2 Å². The maximum absolute atomic E-state index is 13.6. The summed E-state index contributed by atoms with van der Waals surface area (Å²) < 4.78 is 42.1. The minimum atomic E-state index is -2.15. The molecular weight excluding hydrogens is 760 g/mol. The van der Waals surface area contributed by atoms with Crippen molar-refractivity contribution in [1.29, 1.82) is 0 Å². The number of allylic oxidation sites excluding steroid dienone is 2. The van der Waals surface area contributed by atoms with E-state index < -0.39 is 89.4 Å². The van der Waals surface area contributed by atoms with Gasteiger partial charge in [-0.15, -0.1) is 0 Å². The largest absolute Gasteiger partial charge is 0.480 e. The summed E-state index contributed by atoms with van der Waals surface area (Å²) in [7, 11) is 2.90. The van der Waals surface area contributed by atoms with Gasteiger partial charge in [0.15, 0.2) is 12.3 Å². The molecular formula is C40H62N4O14. The first-order chi connectivity index (χ1) is 27.3. The molecule has 4 saturated heterocycles. The van der Waals surface area contributed by atoms with Crippen LogP contribution in [0.1, 0.15) is 79.6 Å². The highest BCUT2D eigenvalue weighted by atomic mass is 16.7. The predicted molar refractivity (Wildman–Crippen MR) is 208 cm³/mol. The second kappa shape index (κ2) is 20.1. The van der Waals surface area contributed by atoms with Crippen LogP contribution in [0.4, 0.5) is 0 Å². The van der Waals surface area contributed by atoms with E-state index in [1.165, 1.54) is 19.3 Å². The summed E-state index contributed by atoms with van der Waals surface area (Å²) in [6, 6.07) is -1.14. The number of nitrogens with two attached hydrogens (primary N) is 1. The lowest BCUT2D eigenvalue weighted by atomic mass is 9.72. The Morgan fingerprint density at radius 2 is 1.81 bits per heavy atom. The third-order valence-electron chi connectivity index (χ3n) is 11.6. The van der Waals surface area contributed by atoms with Gasteiger partial charge >= 0.3 is 5.97 Å². The van der Waals surface area contributed by atoms with Crippen LogP contribution in [-0.2, 0) is 52.3 Å². The smallest absolute Gasteiger partial charge is 0.326 e. The van der Waals surface area contributed by atoms with Crippen molar-refractivity contribution >= 4 is 29.4 Å². The van der Waals surface area contributed by atoms with Crippen molar-refractivity contribution in [3.8, 4) is 0 Å². The summed E-state index contributed by atoms with van der Waals surface area (Å²) in [5, 5.41) is 37.3. The maximum atomic E-state index is 13.6. The number of ketones is 1. The zero-order valence-corrected chi connectivity index (χ0v) is 34.5. The topological polar surface area (TPSA) is 256 Å². The summed E-state index contributed by atoms with van der Waals surface area (Å²) in [6.07, 6.45) is -0.0419. The molecule has 0 saturated carbocycles. The highest BCUT2D eigenvalue weighted by Crippen LogP contribution is 2.45. The van der Waals surface area contributed by atoms with Crippen molar-refractivity contribution in [3.63, 3.8) is 0 Å². The van der Waals surface area contributed by atoms with Crippen LogP contribution in [0.3, 0.4) is 0 Å². The number of hydrogen-bond donors (Lipinski definition) is 6. The summed E-state index contributed by atoms with van der Waals surface area (Å²) in [4.78, 5) is 54.8. The summed E-state index contributed by atoms with van der Waals surface area (Å²) >= 11 is 0. The van der Waals surface area contributed by atoms with Crippen molar-refractivity contribution in [2.75, 3.05) is 27.6 Å². The molecule has 4 aliphatic rings. The molecule has 18 nitrogen and oxygen atoms in total. The van der Waals surface area contributed by atoms with E-state index >= 15 is 0 Å². The summed E-state index contributed by atoms with van der Waals surface area (Å²) in [5.74, 6) is -6.87. The molecule has 0 aromatic carbocycles. The van der Waals surface area contributed by atoms with Gasteiger partial charge in [0.2, 0.25) is 23.3 Å². The number of fused-ring (bicyclic) bond motifs is 1. The molecule has 58 heavy (non-hydrogen) atoms. The Hall–Kier alpha value is -3.59. The summed E-state index contributed by atoms with van der Waals surface area (Å²) in [5.41, 5.74) is 5.57. The van der Waals surface area contributed by atoms with Crippen LogP contribution in [0.5, 0.6) is 0 Å². The second-order valence-electron chi connectivity index (χ2n) is 16.1. The average Bonchev–Trinajstić information content (AvgIpc) is 3.16. The fourth-order valence-corrected chi connectivity index (χ4v) is 7.93. The first-order valence-electron chi connectivity index (χ1n) is 19.7. The van der Waals surface area contributed by atoms with Crippen LogP contribution < -0.4 is 16.4 Å². The number of aliphatic imine (C=N–C) groups is 1. The SMILES string of the molecule is C=C1CC(OC)(C(O)C(=O)NC2OCOC3C2OC(CC2CCCC(O)(C(=O)C=CC=CC(=O)NC(CCCN=C(C)N)C(=O)O)O2)C(C)(C)C3OC)OC(C)C1C. The number of nitrogens with one attached hydrogen (secondary N) is 2. The van der Waals surface area contributed by atoms with Crippen LogP contribution in [0, 0.1) is 11.3 Å². The van der Waals surface area contributed by atoms with E-state index in [0.717, 1.165) is 17.7 Å². The van der Waals surface area contributed by atoms with Gasteiger partial charge in [0.1, 0.15) is 25.0 Å². The summed E-state index contributed by atoms with van der Waals surface area (Å²) in [6.45, 7) is 13.5. The number of carboxylic acids is 1. The standard InChI is InChI=1S/C40H62N4O14/c1-22-20-40(53-8,57-24(3)23(22)2)33(47)35(48)44-36-32-31(54-21-55-36)34(52-7)38(5,6)29(56-32)19-26-13-11-17-39(51,58-26)28(45)15-9-10-16-30(46)43-27(37(49)50)14-12-18-42-25(4)41/h9-10,15-16,23-24,26-27,29,31-34,36,47,51H,1,11-14,17-21H2,2-8H3,(H2,41,42)(H,43,46)(H,44,48)(H,49,50). The molecule has 0 bridgehead atoms. The van der Waals surface area contributed by atoms with Gasteiger partial charge in [0.05, 0.1) is 30.3 Å². The minimum absolute atomic E-state index is 0.00836. The molecule has 4 heterocycles. The molecule has 0 spiro atoms. The third kappa shape index (κ3) is 11.2. The molecule has 0 aromatic heterocycles. The Labute approximate surface area is 339 Å². The second-order valence-corrected chi connectivity index (χ2v) is 16.1. The number of carbonyl (C=O) groups is 4. The lowest BCUT2D eigenvalue weighted by Gasteiger charge is -2.55. The predicted octanol–water partition coefficient (Wildman–Crippen LogP) is 1.37. The number of aliphatic carboxylic acids is 1. The van der Waals surface area contributed by atoms with Gasteiger partial charge in [0, 0.05) is 57.4 Å². The van der Waals surface area contributed by atoms with Crippen molar-refractivity contribution in [2.24, 2.45) is 22.1 Å². The first-order valence-corrected chi connectivity index (χ1v) is 19.7. The number of aliphatic hydroxyl groups excluding tert-OH is 1. The Bertz CT molecular complexity index is 1580. The number of ether oxygens (including phenoxy) is 7. The van der Waals surface area contributed by atoms with Crippen molar-refractivity contribution in [2.45, 2.75) is 146 Å². The maximum Gasteiger partial charge on any atom is 0.326 e. The monoisotopic (exact) mass is 822 g/mol. The molecule has 7 N–H and O–H groups in total. The van der Waals surface area contributed by atoms with Crippen molar-refractivity contribution in [1.82, 2.24) is 10.6 Å². The van der Waals surface area contributed by atoms with Crippen LogP contribution >= 0.6 is 0 Å². The number of carbonyl (C=O) groups excluding carboxylic acids is 3. The zero-order chi connectivity index (χ0) is 43.0. The van der Waals surface area contributed by atoms with Crippen molar-refractivity contribution < 1.29 is 67.7 Å². The molecule has 4 aliphatic heterocycles. The highest BCUT2D eigenvalue weighted by Gasteiger charge is 2.58. The fourth-order valence-electron chi connectivity index (χ4n) is 7.93. The number of hydrogen-bond acceptors (Lipinski definition) is 14. The number of rotatable bonds is 17. The van der Waals surface area contributed by atoms with Gasteiger partial charge in [-0.1, -0.05) is 45.1 Å². The Kier molecular flexibility index (Phi) is 16.3. The van der Waals surface area contributed by atoms with Crippen LogP contribution in [0.25, 0.3) is 0 Å². The van der Waals surface area contributed by atoms with E-state index in [1.54, 1.807) is 14.0 Å². The number of amides is 2. The van der Waals surface area contributed by atoms with Crippen molar-refractivity contribution in [3.05, 3.63) is 36.5 Å². The van der Waals surface area contributed by atoms with E-state index in [9.17, 15) is 34.5 Å². The molecule has 0 radical (unpaired) electrons. The highest BCUT2D eigenvalue weighted by molar-refractivity contribution is 5.96. The zero-order valence-electron chi connectivity index (χ0n) is 34.5. The molecule has 4 rings (SSSR count). The van der Waals surface area contributed by atoms with E-state index in [1.807, 2.05) is 27.7 Å². The lowest BCUT2D eigenvalue weighted by Crippen LogP contribution is -2.69. The molecule has 4 fully saturated rings. The number of nitrogens with zero attached hydrogens (tertiary/aromatic N) is 1. The molecule has 326 valence electrons. The third-order valence-corrected chi connectivity index (χ3v) is 11.6. The molecule has 2 amide bonds. The molecule has 0 aliphatic carbocycles. The van der Waals surface area contributed by atoms with E-state index in [4.69, 9.17) is 38.9 Å². The molecule has 0 aromatic rings. The van der Waals surface area contributed by atoms with Crippen LogP contribution in [-0.4, -0.2) is 139 Å². The molecule has 18 heteroatoms. The lowest BCUT2D eigenvalue weighted by molar-refractivity contribution is -0.335. The number of methoxy groups -OCH3 is 2. The quantitative estimate of drug-likeness (QED) is 0.0303. The number of aliphatic hydroxyl groups is 2. The number of amidine groups is 1. The van der Waals surface area contributed by atoms with E-state index in [0.29, 0.717) is 31.6 Å². The average molecular weight is 823 g/mol. The minimum Gasteiger partial charge on any atom is -0.480 e. The Balaban J connectivity index is 1.40. The van der Waals surface area contributed by atoms with Gasteiger partial charge in [0.25, 0.3) is 5.91 Å². The fraction of sp³-hybridized carbons (Fsp3) is 0.725. The van der Waals surface area contributed by atoms with Gasteiger partial charge < -0.3 is 64.8 Å². The van der Waals surface area contributed by atoms with Crippen LogP contribution in [0.2, 0.25) is 0 Å². The first kappa shape index (κ1) is 47.1. The van der Waals surface area contributed by atoms with Crippen LogP contribution in [0.15, 0.2) is 41.4 Å². The van der Waals surface area contributed by atoms with E-state index in [-0.39, 0.29) is 44.5 Å².